The van der Waals surface area contributed by atoms with Crippen molar-refractivity contribution in [1.82, 2.24) is 0 Å². The number of benzene rings is 3. The molecule has 4 heteroatoms. The van der Waals surface area contributed by atoms with E-state index in [-0.39, 0.29) is 18.0 Å². The minimum atomic E-state index is -0.461. The molecule has 0 saturated carbocycles. The van der Waals surface area contributed by atoms with Gasteiger partial charge >= 0.3 is 0 Å². The van der Waals surface area contributed by atoms with Crippen LogP contribution < -0.4 is 5.32 Å². The molecule has 0 unspecified atom stereocenters. The molecule has 0 bridgehead atoms. The Labute approximate surface area is 148 Å². The fraction of sp³-hybridized carbons (Fsp3) is 0.0500. The van der Waals surface area contributed by atoms with E-state index >= 15 is 0 Å². The van der Waals surface area contributed by atoms with Crippen LogP contribution in [-0.2, 0) is 11.2 Å². The number of carbonyl (C=O) groups is 1. The molecule has 0 spiro atoms. The molecule has 0 radical (unpaired) electrons. The van der Waals surface area contributed by atoms with Crippen molar-refractivity contribution in [3.05, 3.63) is 88.6 Å². The maximum absolute atomic E-state index is 13.7. The highest BCUT2D eigenvalue weighted by Crippen LogP contribution is 2.21. The summed E-state index contributed by atoms with van der Waals surface area (Å²) in [6, 6.07) is 22.4. The van der Waals surface area contributed by atoms with Gasteiger partial charge in [-0.2, -0.15) is 0 Å². The van der Waals surface area contributed by atoms with Gasteiger partial charge in [-0.3, -0.25) is 4.79 Å². The number of hydrogen-bond donors (Lipinski definition) is 1. The molecule has 0 aliphatic carbocycles. The number of nitrogens with one attached hydrogen (secondary N) is 1. The summed E-state index contributed by atoms with van der Waals surface area (Å²) < 4.78 is 14.4. The molecule has 1 N–H and O–H groups in total. The van der Waals surface area contributed by atoms with Crippen molar-refractivity contribution in [3.8, 4) is 11.1 Å². The number of hydrogen-bond acceptors (Lipinski definition) is 1. The third-order valence-corrected chi connectivity index (χ3v) is 4.12. The summed E-state index contributed by atoms with van der Waals surface area (Å²) in [6.07, 6.45) is 0.199. The lowest BCUT2D eigenvalue weighted by atomic mass is 10.0. The lowest BCUT2D eigenvalue weighted by Gasteiger charge is -2.08. The molecule has 0 aliphatic rings. The molecule has 0 heterocycles. The van der Waals surface area contributed by atoms with Crippen LogP contribution in [0, 0.1) is 5.82 Å². The van der Waals surface area contributed by atoms with E-state index in [0.29, 0.717) is 4.47 Å². The van der Waals surface area contributed by atoms with Gasteiger partial charge in [-0.25, -0.2) is 4.39 Å². The van der Waals surface area contributed by atoms with E-state index in [4.69, 9.17) is 0 Å². The Bertz CT molecular complexity index is 847. The van der Waals surface area contributed by atoms with E-state index in [2.05, 4.69) is 21.2 Å². The highest BCUT2D eigenvalue weighted by atomic mass is 79.9. The number of anilines is 1. The summed E-state index contributed by atoms with van der Waals surface area (Å²) in [5, 5.41) is 2.60. The average molecular weight is 384 g/mol. The second-order valence-electron chi connectivity index (χ2n) is 5.41. The van der Waals surface area contributed by atoms with E-state index in [1.807, 2.05) is 54.6 Å². The van der Waals surface area contributed by atoms with Crippen molar-refractivity contribution < 1.29 is 9.18 Å². The highest BCUT2D eigenvalue weighted by Gasteiger charge is 2.08. The summed E-state index contributed by atoms with van der Waals surface area (Å²) in [5.74, 6) is -0.708. The van der Waals surface area contributed by atoms with Crippen LogP contribution in [0.15, 0.2) is 77.3 Å². The van der Waals surface area contributed by atoms with Crippen molar-refractivity contribution in [3.63, 3.8) is 0 Å². The fourth-order valence-electron chi connectivity index (χ4n) is 2.42. The maximum atomic E-state index is 13.7. The van der Waals surface area contributed by atoms with Gasteiger partial charge in [-0.15, -0.1) is 0 Å². The van der Waals surface area contributed by atoms with Gasteiger partial charge in [0.2, 0.25) is 5.91 Å². The van der Waals surface area contributed by atoms with Crippen LogP contribution in [0.1, 0.15) is 5.56 Å². The standard InChI is InChI=1S/C20H15BrFNO/c21-17-10-11-19(18(22)13-17)23-20(24)12-14-6-8-16(9-7-14)15-4-2-1-3-5-15/h1-11,13H,12H2,(H,23,24). The Hall–Kier alpha value is -2.46. The third-order valence-electron chi connectivity index (χ3n) is 3.63. The maximum Gasteiger partial charge on any atom is 0.228 e. The molecule has 24 heavy (non-hydrogen) atoms. The molecule has 0 aromatic heterocycles. The Balaban J connectivity index is 1.66. The van der Waals surface area contributed by atoms with Crippen molar-refractivity contribution >= 4 is 27.5 Å². The predicted molar refractivity (Wildman–Crippen MR) is 98.3 cm³/mol. The van der Waals surface area contributed by atoms with Gasteiger partial charge < -0.3 is 5.32 Å². The first-order valence-electron chi connectivity index (χ1n) is 7.51. The van der Waals surface area contributed by atoms with E-state index in [0.717, 1.165) is 16.7 Å². The van der Waals surface area contributed by atoms with Crippen LogP contribution in [0.2, 0.25) is 0 Å². The number of rotatable bonds is 4. The molecule has 2 nitrogen and oxygen atoms in total. The van der Waals surface area contributed by atoms with Crippen LogP contribution in [0.4, 0.5) is 10.1 Å². The Morgan fingerprint density at radius 2 is 1.58 bits per heavy atom. The first kappa shape index (κ1) is 16.4. The number of carbonyl (C=O) groups excluding carboxylic acids is 1. The van der Waals surface area contributed by atoms with Crippen molar-refractivity contribution in [2.24, 2.45) is 0 Å². The summed E-state index contributed by atoms with van der Waals surface area (Å²) in [5.41, 5.74) is 3.29. The molecule has 120 valence electrons. The second-order valence-corrected chi connectivity index (χ2v) is 6.33. The molecular weight excluding hydrogens is 369 g/mol. The van der Waals surface area contributed by atoms with E-state index in [9.17, 15) is 9.18 Å². The predicted octanol–water partition coefficient (Wildman–Crippen LogP) is 5.44. The SMILES string of the molecule is O=C(Cc1ccc(-c2ccccc2)cc1)Nc1ccc(Br)cc1F. The van der Waals surface area contributed by atoms with Crippen LogP contribution in [0.25, 0.3) is 11.1 Å². The van der Waals surface area contributed by atoms with Gasteiger partial charge in [0, 0.05) is 4.47 Å². The van der Waals surface area contributed by atoms with E-state index in [1.54, 1.807) is 6.07 Å². The minimum absolute atomic E-state index is 0.184. The lowest BCUT2D eigenvalue weighted by molar-refractivity contribution is -0.115. The van der Waals surface area contributed by atoms with Gasteiger partial charge in [-0.1, -0.05) is 70.5 Å². The summed E-state index contributed by atoms with van der Waals surface area (Å²) in [4.78, 5) is 12.1. The molecule has 1 amide bonds. The summed E-state index contributed by atoms with van der Waals surface area (Å²) >= 11 is 3.19. The summed E-state index contributed by atoms with van der Waals surface area (Å²) in [6.45, 7) is 0. The molecule has 3 rings (SSSR count). The van der Waals surface area contributed by atoms with Gasteiger partial charge in [0.15, 0.2) is 0 Å². The van der Waals surface area contributed by atoms with E-state index in [1.165, 1.54) is 12.1 Å². The minimum Gasteiger partial charge on any atom is -0.323 e. The monoisotopic (exact) mass is 383 g/mol. The Morgan fingerprint density at radius 3 is 2.25 bits per heavy atom. The van der Waals surface area contributed by atoms with Gasteiger partial charge in [-0.05, 0) is 34.9 Å². The van der Waals surface area contributed by atoms with Crippen LogP contribution in [0.3, 0.4) is 0 Å². The average Bonchev–Trinajstić information content (AvgIpc) is 2.59. The summed E-state index contributed by atoms with van der Waals surface area (Å²) in [7, 11) is 0. The Morgan fingerprint density at radius 1 is 0.917 bits per heavy atom. The van der Waals surface area contributed by atoms with Crippen molar-refractivity contribution in [2.45, 2.75) is 6.42 Å². The zero-order valence-corrected chi connectivity index (χ0v) is 14.4. The second kappa shape index (κ2) is 7.41. The Kier molecular flexibility index (Phi) is 5.06. The largest absolute Gasteiger partial charge is 0.323 e. The smallest absolute Gasteiger partial charge is 0.228 e. The van der Waals surface area contributed by atoms with Gasteiger partial charge in [0.1, 0.15) is 5.82 Å². The van der Waals surface area contributed by atoms with Gasteiger partial charge in [0.25, 0.3) is 0 Å². The zero-order chi connectivity index (χ0) is 16.9. The topological polar surface area (TPSA) is 29.1 Å². The molecule has 3 aromatic rings. The molecule has 0 aliphatic heterocycles. The molecule has 0 fully saturated rings. The fourth-order valence-corrected chi connectivity index (χ4v) is 2.75. The number of amides is 1. The molecule has 0 saturated heterocycles. The van der Waals surface area contributed by atoms with Crippen LogP contribution >= 0.6 is 15.9 Å². The molecule has 3 aromatic carbocycles. The zero-order valence-electron chi connectivity index (χ0n) is 12.8. The van der Waals surface area contributed by atoms with Crippen molar-refractivity contribution in [2.75, 3.05) is 5.32 Å². The number of halogens is 2. The third kappa shape index (κ3) is 4.09. The first-order chi connectivity index (χ1) is 11.6. The first-order valence-corrected chi connectivity index (χ1v) is 8.30. The normalized spacial score (nSPS) is 10.4. The molecular formula is C20H15BrFNO. The van der Waals surface area contributed by atoms with Crippen LogP contribution in [0.5, 0.6) is 0 Å². The van der Waals surface area contributed by atoms with E-state index < -0.39 is 5.82 Å². The highest BCUT2D eigenvalue weighted by molar-refractivity contribution is 9.10. The molecule has 0 atom stereocenters. The van der Waals surface area contributed by atoms with Crippen molar-refractivity contribution in [1.29, 1.82) is 0 Å². The lowest BCUT2D eigenvalue weighted by Crippen LogP contribution is -2.15. The van der Waals surface area contributed by atoms with Gasteiger partial charge in [0.05, 0.1) is 12.1 Å². The van der Waals surface area contributed by atoms with Crippen LogP contribution in [-0.4, -0.2) is 5.91 Å². The quantitative estimate of drug-likeness (QED) is 0.638.